The number of hydrogen-bond donors (Lipinski definition) is 1. The number of para-hydroxylation sites is 1. The lowest BCUT2D eigenvalue weighted by Crippen LogP contribution is -2.22. The second kappa shape index (κ2) is 8.49. The first-order valence-electron chi connectivity index (χ1n) is 8.30. The third-order valence-electron chi connectivity index (χ3n) is 4.04. The lowest BCUT2D eigenvalue weighted by atomic mass is 10.2. The van der Waals surface area contributed by atoms with Crippen molar-refractivity contribution in [3.63, 3.8) is 0 Å². The fourth-order valence-electron chi connectivity index (χ4n) is 2.47. The minimum absolute atomic E-state index is 0.0814. The Morgan fingerprint density at radius 1 is 1.19 bits per heavy atom. The van der Waals surface area contributed by atoms with Crippen LogP contribution in [0.15, 0.2) is 35.6 Å². The lowest BCUT2D eigenvalue weighted by Gasteiger charge is -2.08. The van der Waals surface area contributed by atoms with Gasteiger partial charge in [0.15, 0.2) is 6.61 Å². The van der Waals surface area contributed by atoms with E-state index in [1.54, 1.807) is 17.4 Å². The van der Waals surface area contributed by atoms with E-state index in [1.165, 1.54) is 23.0 Å². The van der Waals surface area contributed by atoms with Gasteiger partial charge in [0, 0.05) is 16.0 Å². The van der Waals surface area contributed by atoms with E-state index in [4.69, 9.17) is 4.74 Å². The highest BCUT2D eigenvalue weighted by atomic mass is 32.2. The smallest absolute Gasteiger partial charge is 0.316 e. The number of benzene rings is 1. The number of nitrogens with one attached hydrogen (secondary N) is 1. The number of hydrogen-bond acceptors (Lipinski definition) is 7. The van der Waals surface area contributed by atoms with Gasteiger partial charge < -0.3 is 10.1 Å². The van der Waals surface area contributed by atoms with E-state index in [0.717, 1.165) is 26.4 Å². The number of anilines is 1. The molecular weight excluding hydrogens is 382 g/mol. The van der Waals surface area contributed by atoms with E-state index in [1.807, 2.05) is 39.0 Å². The maximum absolute atomic E-state index is 12.0. The average molecular weight is 402 g/mol. The molecule has 0 unspecified atom stereocenters. The Morgan fingerprint density at radius 3 is 2.74 bits per heavy atom. The van der Waals surface area contributed by atoms with Gasteiger partial charge in [-0.05, 0) is 38.0 Å². The molecule has 27 heavy (non-hydrogen) atoms. The maximum atomic E-state index is 12.0. The number of thioether (sulfide) groups is 1. The van der Waals surface area contributed by atoms with E-state index in [9.17, 15) is 9.59 Å². The number of amides is 1. The van der Waals surface area contributed by atoms with E-state index in [-0.39, 0.29) is 18.3 Å². The SMILES string of the molecule is Cc1ccccc1NC(=O)COC(=O)CSc1ncnc2sc(C)c(C)c12. The van der Waals surface area contributed by atoms with Crippen molar-refractivity contribution < 1.29 is 14.3 Å². The summed E-state index contributed by atoms with van der Waals surface area (Å²) in [5, 5.41) is 4.47. The van der Waals surface area contributed by atoms with Crippen LogP contribution in [0.1, 0.15) is 16.0 Å². The molecule has 0 atom stereocenters. The Balaban J connectivity index is 1.53. The quantitative estimate of drug-likeness (QED) is 0.383. The predicted octanol–water partition coefficient (Wildman–Crippen LogP) is 3.89. The summed E-state index contributed by atoms with van der Waals surface area (Å²) < 4.78 is 5.07. The summed E-state index contributed by atoms with van der Waals surface area (Å²) in [4.78, 5) is 34.6. The molecule has 0 spiro atoms. The highest BCUT2D eigenvalue weighted by Crippen LogP contribution is 2.34. The van der Waals surface area contributed by atoms with Crippen molar-refractivity contribution in [3.05, 3.63) is 46.6 Å². The molecule has 2 aromatic heterocycles. The molecule has 1 aromatic carbocycles. The number of esters is 1. The Bertz CT molecular complexity index is 1000. The minimum Gasteiger partial charge on any atom is -0.455 e. The minimum atomic E-state index is -0.462. The first-order valence-corrected chi connectivity index (χ1v) is 10.1. The van der Waals surface area contributed by atoms with Crippen LogP contribution in [0.3, 0.4) is 0 Å². The van der Waals surface area contributed by atoms with Gasteiger partial charge in [-0.15, -0.1) is 11.3 Å². The molecule has 0 fully saturated rings. The first kappa shape index (κ1) is 19.3. The second-order valence-electron chi connectivity index (χ2n) is 5.95. The highest BCUT2D eigenvalue weighted by molar-refractivity contribution is 8.00. The number of thiophene rings is 1. The van der Waals surface area contributed by atoms with Crippen molar-refractivity contribution in [1.29, 1.82) is 0 Å². The van der Waals surface area contributed by atoms with Gasteiger partial charge in [-0.2, -0.15) is 0 Å². The number of aryl methyl sites for hydroxylation is 3. The Labute approximate surface area is 165 Å². The van der Waals surface area contributed by atoms with Crippen LogP contribution in [-0.4, -0.2) is 34.2 Å². The van der Waals surface area contributed by atoms with Gasteiger partial charge >= 0.3 is 5.97 Å². The Hall–Kier alpha value is -2.45. The average Bonchev–Trinajstić information content (AvgIpc) is 2.95. The number of carbonyl (C=O) groups excluding carboxylic acids is 2. The van der Waals surface area contributed by atoms with Crippen molar-refractivity contribution >= 4 is 50.9 Å². The van der Waals surface area contributed by atoms with E-state index < -0.39 is 5.97 Å². The molecule has 0 saturated heterocycles. The zero-order chi connectivity index (χ0) is 19.4. The molecule has 3 aromatic rings. The molecule has 0 saturated carbocycles. The third-order valence-corrected chi connectivity index (χ3v) is 6.12. The van der Waals surface area contributed by atoms with Crippen LogP contribution in [0.5, 0.6) is 0 Å². The van der Waals surface area contributed by atoms with Crippen LogP contribution in [0.25, 0.3) is 10.2 Å². The summed E-state index contributed by atoms with van der Waals surface area (Å²) in [6, 6.07) is 7.43. The van der Waals surface area contributed by atoms with Gasteiger partial charge in [-0.3, -0.25) is 9.59 Å². The molecule has 0 aliphatic rings. The van der Waals surface area contributed by atoms with E-state index in [2.05, 4.69) is 15.3 Å². The summed E-state index contributed by atoms with van der Waals surface area (Å²) in [5.41, 5.74) is 2.78. The summed E-state index contributed by atoms with van der Waals surface area (Å²) in [6.07, 6.45) is 1.50. The molecular formula is C19H19N3O3S2. The van der Waals surface area contributed by atoms with Gasteiger partial charge in [0.25, 0.3) is 5.91 Å². The van der Waals surface area contributed by atoms with Crippen LogP contribution in [0.2, 0.25) is 0 Å². The first-order chi connectivity index (χ1) is 13.0. The molecule has 3 rings (SSSR count). The normalized spacial score (nSPS) is 10.8. The Morgan fingerprint density at radius 2 is 1.96 bits per heavy atom. The molecule has 0 aliphatic heterocycles. The number of carbonyl (C=O) groups is 2. The number of fused-ring (bicyclic) bond motifs is 1. The fourth-order valence-corrected chi connectivity index (χ4v) is 4.39. The highest BCUT2D eigenvalue weighted by Gasteiger charge is 2.15. The summed E-state index contributed by atoms with van der Waals surface area (Å²) >= 11 is 2.90. The van der Waals surface area contributed by atoms with Crippen molar-refractivity contribution in [2.45, 2.75) is 25.8 Å². The van der Waals surface area contributed by atoms with Crippen molar-refractivity contribution in [2.24, 2.45) is 0 Å². The van der Waals surface area contributed by atoms with Crippen LogP contribution < -0.4 is 5.32 Å². The van der Waals surface area contributed by atoms with Gasteiger partial charge in [0.1, 0.15) is 16.2 Å². The van der Waals surface area contributed by atoms with Crippen LogP contribution in [0.4, 0.5) is 5.69 Å². The molecule has 1 amide bonds. The number of ether oxygens (including phenoxy) is 1. The van der Waals surface area contributed by atoms with Gasteiger partial charge in [0.2, 0.25) is 0 Å². The van der Waals surface area contributed by atoms with Gasteiger partial charge in [0.05, 0.1) is 5.75 Å². The topological polar surface area (TPSA) is 81.2 Å². The fraction of sp³-hybridized carbons (Fsp3) is 0.263. The molecule has 140 valence electrons. The molecule has 6 nitrogen and oxygen atoms in total. The maximum Gasteiger partial charge on any atom is 0.316 e. The van der Waals surface area contributed by atoms with Crippen molar-refractivity contribution in [1.82, 2.24) is 9.97 Å². The zero-order valence-corrected chi connectivity index (χ0v) is 16.9. The molecule has 1 N–H and O–H groups in total. The summed E-state index contributed by atoms with van der Waals surface area (Å²) in [5.74, 6) is -0.745. The third kappa shape index (κ3) is 4.64. The van der Waals surface area contributed by atoms with Gasteiger partial charge in [-0.25, -0.2) is 9.97 Å². The number of nitrogens with zero attached hydrogens (tertiary/aromatic N) is 2. The molecule has 0 bridgehead atoms. The van der Waals surface area contributed by atoms with Crippen LogP contribution >= 0.6 is 23.1 Å². The Kier molecular flexibility index (Phi) is 6.08. The van der Waals surface area contributed by atoms with Crippen LogP contribution in [0, 0.1) is 20.8 Å². The van der Waals surface area contributed by atoms with Crippen LogP contribution in [-0.2, 0) is 14.3 Å². The number of aromatic nitrogens is 2. The molecule has 2 heterocycles. The molecule has 0 radical (unpaired) electrons. The lowest BCUT2D eigenvalue weighted by molar-refractivity contribution is -0.144. The molecule has 8 heteroatoms. The van der Waals surface area contributed by atoms with Crippen molar-refractivity contribution in [2.75, 3.05) is 17.7 Å². The second-order valence-corrected chi connectivity index (χ2v) is 8.12. The van der Waals surface area contributed by atoms with E-state index in [0.29, 0.717) is 5.69 Å². The summed E-state index contributed by atoms with van der Waals surface area (Å²) in [7, 11) is 0. The zero-order valence-electron chi connectivity index (χ0n) is 15.2. The monoisotopic (exact) mass is 401 g/mol. The predicted molar refractivity (Wildman–Crippen MR) is 108 cm³/mol. The largest absolute Gasteiger partial charge is 0.455 e. The molecule has 0 aliphatic carbocycles. The van der Waals surface area contributed by atoms with Crippen molar-refractivity contribution in [3.8, 4) is 0 Å². The van der Waals surface area contributed by atoms with E-state index >= 15 is 0 Å². The standard InChI is InChI=1S/C19H19N3O3S2/c1-11-6-4-5-7-14(11)22-15(23)8-25-16(24)9-26-18-17-12(2)13(3)27-19(17)21-10-20-18/h4-7,10H,8-9H2,1-3H3,(H,22,23). The number of rotatable bonds is 6. The van der Waals surface area contributed by atoms with Gasteiger partial charge in [-0.1, -0.05) is 30.0 Å². The summed E-state index contributed by atoms with van der Waals surface area (Å²) in [6.45, 7) is 5.64.